The molecule has 166 valence electrons. The summed E-state index contributed by atoms with van der Waals surface area (Å²) in [5.41, 5.74) is 1.26. The lowest BCUT2D eigenvalue weighted by atomic mass is 9.88. The molecule has 1 heterocycles. The molecule has 1 aliphatic heterocycles. The Labute approximate surface area is 181 Å². The summed E-state index contributed by atoms with van der Waals surface area (Å²) in [5, 5.41) is 6.90. The van der Waals surface area contributed by atoms with Crippen LogP contribution in [0.5, 0.6) is 5.75 Å². The van der Waals surface area contributed by atoms with E-state index in [1.54, 1.807) is 7.05 Å². The lowest BCUT2D eigenvalue weighted by Gasteiger charge is -2.26. The molecule has 2 N–H and O–H groups in total. The number of ether oxygens (including phenoxy) is 1. The summed E-state index contributed by atoms with van der Waals surface area (Å²) < 4.78 is 5.69. The summed E-state index contributed by atoms with van der Waals surface area (Å²) in [4.78, 5) is 19.2. The van der Waals surface area contributed by atoms with E-state index in [4.69, 9.17) is 4.74 Å². The third kappa shape index (κ3) is 6.64. The lowest BCUT2D eigenvalue weighted by molar-refractivity contribution is -0.135. The highest BCUT2D eigenvalue weighted by Gasteiger charge is 2.31. The van der Waals surface area contributed by atoms with Crippen LogP contribution >= 0.6 is 0 Å². The van der Waals surface area contributed by atoms with E-state index in [0.717, 1.165) is 57.0 Å². The first-order valence-electron chi connectivity index (χ1n) is 11.6. The van der Waals surface area contributed by atoms with E-state index in [9.17, 15) is 4.79 Å². The van der Waals surface area contributed by atoms with Crippen molar-refractivity contribution in [1.29, 1.82) is 0 Å². The summed E-state index contributed by atoms with van der Waals surface area (Å²) in [6, 6.07) is 8.55. The molecular weight excluding hydrogens is 376 g/mol. The molecule has 1 atom stereocenters. The van der Waals surface area contributed by atoms with Gasteiger partial charge in [-0.15, -0.1) is 0 Å². The minimum atomic E-state index is 0.191. The third-order valence-electron chi connectivity index (χ3n) is 6.02. The van der Waals surface area contributed by atoms with E-state index < -0.39 is 0 Å². The molecule has 3 rings (SSSR count). The molecular formula is C24H38N4O2. The largest absolute Gasteiger partial charge is 0.491 e. The molecule has 2 fully saturated rings. The van der Waals surface area contributed by atoms with Gasteiger partial charge in [-0.3, -0.25) is 9.79 Å². The number of amides is 1. The van der Waals surface area contributed by atoms with Gasteiger partial charge < -0.3 is 20.3 Å². The van der Waals surface area contributed by atoms with Gasteiger partial charge in [0.1, 0.15) is 5.75 Å². The summed E-state index contributed by atoms with van der Waals surface area (Å²) in [5.74, 6) is 2.35. The molecule has 1 saturated heterocycles. The van der Waals surface area contributed by atoms with Crippen LogP contribution in [0.4, 0.5) is 0 Å². The Bertz CT molecular complexity index is 696. The fraction of sp³-hybridized carbons (Fsp3) is 0.667. The summed E-state index contributed by atoms with van der Waals surface area (Å²) in [7, 11) is 1.80. The van der Waals surface area contributed by atoms with Gasteiger partial charge in [0.05, 0.1) is 6.10 Å². The van der Waals surface area contributed by atoms with Crippen LogP contribution in [0.3, 0.4) is 0 Å². The Morgan fingerprint density at radius 2 is 1.90 bits per heavy atom. The second-order valence-electron chi connectivity index (χ2n) is 8.81. The normalized spacial score (nSPS) is 20.5. The number of nitrogens with one attached hydrogen (secondary N) is 2. The summed E-state index contributed by atoms with van der Waals surface area (Å²) in [6.07, 6.45) is 7.92. The molecule has 0 aromatic heterocycles. The molecule has 2 aliphatic rings. The number of carbonyl (C=O) groups is 1. The zero-order valence-electron chi connectivity index (χ0n) is 18.8. The number of likely N-dealkylation sites (tertiary alicyclic amines) is 1. The molecule has 0 spiro atoms. The topological polar surface area (TPSA) is 66.0 Å². The van der Waals surface area contributed by atoms with E-state index in [1.165, 1.54) is 24.8 Å². The van der Waals surface area contributed by atoms with E-state index in [1.807, 2.05) is 26.0 Å². The van der Waals surface area contributed by atoms with Gasteiger partial charge in [-0.05, 0) is 57.2 Å². The minimum Gasteiger partial charge on any atom is -0.491 e. The highest BCUT2D eigenvalue weighted by molar-refractivity contribution is 5.81. The molecule has 30 heavy (non-hydrogen) atoms. The Morgan fingerprint density at radius 3 is 2.57 bits per heavy atom. The van der Waals surface area contributed by atoms with Gasteiger partial charge in [-0.2, -0.15) is 0 Å². The van der Waals surface area contributed by atoms with Crippen LogP contribution in [0.1, 0.15) is 57.9 Å². The van der Waals surface area contributed by atoms with Crippen molar-refractivity contribution in [2.24, 2.45) is 10.9 Å². The maximum atomic E-state index is 12.8. The van der Waals surface area contributed by atoms with Crippen LogP contribution < -0.4 is 15.4 Å². The maximum Gasteiger partial charge on any atom is 0.225 e. The van der Waals surface area contributed by atoms with Crippen LogP contribution in [0.15, 0.2) is 29.3 Å². The van der Waals surface area contributed by atoms with Crippen molar-refractivity contribution >= 4 is 11.9 Å². The molecule has 1 unspecified atom stereocenters. The Morgan fingerprint density at radius 1 is 1.17 bits per heavy atom. The van der Waals surface area contributed by atoms with Crippen LogP contribution in [-0.4, -0.2) is 55.6 Å². The van der Waals surface area contributed by atoms with Crippen molar-refractivity contribution in [1.82, 2.24) is 15.5 Å². The molecule has 1 aliphatic carbocycles. The van der Waals surface area contributed by atoms with Gasteiger partial charge in [0.25, 0.3) is 0 Å². The first kappa shape index (κ1) is 22.4. The van der Waals surface area contributed by atoms with Gasteiger partial charge in [-0.25, -0.2) is 0 Å². The van der Waals surface area contributed by atoms with E-state index in [-0.39, 0.29) is 18.1 Å². The standard InChI is InChI=1S/C24H38N4O2/c1-18(2)30-22-11-9-19(10-12-22)13-15-26-24(25-3)27-21-14-16-28(17-21)23(29)20-7-5-4-6-8-20/h9-12,18,20-21H,4-8,13-17H2,1-3H3,(H2,25,26,27). The van der Waals surface area contributed by atoms with Crippen molar-refractivity contribution in [3.05, 3.63) is 29.8 Å². The fourth-order valence-corrected chi connectivity index (χ4v) is 4.41. The van der Waals surface area contributed by atoms with Gasteiger partial charge in [0.2, 0.25) is 5.91 Å². The van der Waals surface area contributed by atoms with E-state index in [0.29, 0.717) is 5.91 Å². The Balaban J connectivity index is 1.39. The van der Waals surface area contributed by atoms with Gasteiger partial charge in [-0.1, -0.05) is 31.4 Å². The molecule has 0 bridgehead atoms. The van der Waals surface area contributed by atoms with Crippen molar-refractivity contribution in [3.8, 4) is 5.75 Å². The predicted molar refractivity (Wildman–Crippen MR) is 122 cm³/mol. The van der Waals surface area contributed by atoms with Crippen molar-refractivity contribution < 1.29 is 9.53 Å². The number of nitrogens with zero attached hydrogens (tertiary/aromatic N) is 2. The number of guanidine groups is 1. The lowest BCUT2D eigenvalue weighted by Crippen LogP contribution is -2.46. The highest BCUT2D eigenvalue weighted by atomic mass is 16.5. The summed E-state index contributed by atoms with van der Waals surface area (Å²) >= 11 is 0. The number of rotatable bonds is 7. The average molecular weight is 415 g/mol. The number of hydrogen-bond acceptors (Lipinski definition) is 3. The third-order valence-corrected chi connectivity index (χ3v) is 6.02. The van der Waals surface area contributed by atoms with Gasteiger partial charge >= 0.3 is 0 Å². The van der Waals surface area contributed by atoms with Crippen molar-refractivity contribution in [3.63, 3.8) is 0 Å². The molecule has 1 aromatic carbocycles. The first-order chi connectivity index (χ1) is 14.5. The van der Waals surface area contributed by atoms with E-state index >= 15 is 0 Å². The molecule has 1 amide bonds. The number of hydrogen-bond donors (Lipinski definition) is 2. The van der Waals surface area contributed by atoms with E-state index in [2.05, 4.69) is 32.7 Å². The minimum absolute atomic E-state index is 0.191. The van der Waals surface area contributed by atoms with Gasteiger partial charge in [0.15, 0.2) is 5.96 Å². The molecule has 1 saturated carbocycles. The Kier molecular flexibility index (Phi) is 8.40. The first-order valence-corrected chi connectivity index (χ1v) is 11.6. The zero-order chi connectivity index (χ0) is 21.3. The van der Waals surface area contributed by atoms with Crippen LogP contribution in [0.2, 0.25) is 0 Å². The maximum absolute atomic E-state index is 12.8. The number of benzene rings is 1. The van der Waals surface area contributed by atoms with Crippen molar-refractivity contribution in [2.75, 3.05) is 26.7 Å². The average Bonchev–Trinajstić information content (AvgIpc) is 3.22. The van der Waals surface area contributed by atoms with Gasteiger partial charge in [0, 0.05) is 38.6 Å². The predicted octanol–water partition coefficient (Wildman–Crippen LogP) is 3.36. The molecule has 0 radical (unpaired) electrons. The number of carbonyl (C=O) groups excluding carboxylic acids is 1. The second kappa shape index (κ2) is 11.2. The van der Waals surface area contributed by atoms with Crippen LogP contribution in [-0.2, 0) is 11.2 Å². The Hall–Kier alpha value is -2.24. The number of aliphatic imine (C=N–C) groups is 1. The zero-order valence-corrected chi connectivity index (χ0v) is 18.8. The van der Waals surface area contributed by atoms with Crippen LogP contribution in [0, 0.1) is 5.92 Å². The SMILES string of the molecule is CN=C(NCCc1ccc(OC(C)C)cc1)NC1CCN(C(=O)C2CCCCC2)C1. The molecule has 6 nitrogen and oxygen atoms in total. The smallest absolute Gasteiger partial charge is 0.225 e. The monoisotopic (exact) mass is 414 g/mol. The fourth-order valence-electron chi connectivity index (χ4n) is 4.41. The summed E-state index contributed by atoms with van der Waals surface area (Å²) in [6.45, 7) is 6.52. The molecule has 1 aromatic rings. The highest BCUT2D eigenvalue weighted by Crippen LogP contribution is 2.26. The van der Waals surface area contributed by atoms with Crippen molar-refractivity contribution in [2.45, 2.75) is 70.9 Å². The van der Waals surface area contributed by atoms with Crippen LogP contribution in [0.25, 0.3) is 0 Å². The molecule has 6 heteroatoms. The quantitative estimate of drug-likeness (QED) is 0.530. The second-order valence-corrected chi connectivity index (χ2v) is 8.81.